The number of benzene rings is 7. The average molecular weight is 642 g/mol. The van der Waals surface area contributed by atoms with Crippen molar-refractivity contribution in [2.45, 2.75) is 0 Å². The number of rotatable bonds is 5. The molecule has 0 aliphatic rings. The van der Waals surface area contributed by atoms with Gasteiger partial charge in [0.05, 0.1) is 0 Å². The third kappa shape index (κ3) is 4.75. The molecule has 0 amide bonds. The van der Waals surface area contributed by atoms with E-state index in [4.69, 9.17) is 23.8 Å². The van der Waals surface area contributed by atoms with Gasteiger partial charge >= 0.3 is 0 Å². The Bertz CT molecular complexity index is 2850. The Morgan fingerprint density at radius 1 is 0.280 bits per heavy atom. The van der Waals surface area contributed by atoms with Gasteiger partial charge in [0.1, 0.15) is 22.3 Å². The number of furan rings is 2. The molecule has 0 unspecified atom stereocenters. The highest BCUT2D eigenvalue weighted by atomic mass is 16.3. The molecule has 50 heavy (non-hydrogen) atoms. The Hall–Kier alpha value is -6.85. The molecule has 0 bridgehead atoms. The molecule has 0 aliphatic carbocycles. The van der Waals surface area contributed by atoms with E-state index in [1.54, 1.807) is 0 Å². The smallest absolute Gasteiger partial charge is 0.164 e. The van der Waals surface area contributed by atoms with Crippen LogP contribution in [0.4, 0.5) is 0 Å². The predicted octanol–water partition coefficient (Wildman–Crippen LogP) is 12.0. The molecule has 0 saturated carbocycles. The molecule has 10 aromatic rings. The molecule has 0 atom stereocenters. The van der Waals surface area contributed by atoms with Crippen LogP contribution in [0.1, 0.15) is 0 Å². The molecule has 3 aromatic heterocycles. The first-order valence-corrected chi connectivity index (χ1v) is 16.6. The van der Waals surface area contributed by atoms with E-state index in [1.165, 1.54) is 0 Å². The van der Waals surface area contributed by atoms with Gasteiger partial charge in [0, 0.05) is 38.2 Å². The number of hydrogen-bond acceptors (Lipinski definition) is 5. The number of para-hydroxylation sites is 1. The van der Waals surface area contributed by atoms with Crippen LogP contribution in [0.2, 0.25) is 0 Å². The Labute approximate surface area is 287 Å². The number of aromatic nitrogens is 3. The summed E-state index contributed by atoms with van der Waals surface area (Å²) in [7, 11) is 0. The van der Waals surface area contributed by atoms with Crippen molar-refractivity contribution in [3.8, 4) is 56.4 Å². The van der Waals surface area contributed by atoms with Crippen LogP contribution >= 0.6 is 0 Å². The van der Waals surface area contributed by atoms with E-state index < -0.39 is 0 Å². The van der Waals surface area contributed by atoms with Gasteiger partial charge in [-0.1, -0.05) is 133 Å². The molecule has 0 aliphatic heterocycles. The summed E-state index contributed by atoms with van der Waals surface area (Å²) in [5, 5.41) is 4.12. The second-order valence-corrected chi connectivity index (χ2v) is 12.4. The normalized spacial score (nSPS) is 11.6. The van der Waals surface area contributed by atoms with Crippen LogP contribution in [0.3, 0.4) is 0 Å². The minimum absolute atomic E-state index is 0.571. The van der Waals surface area contributed by atoms with Crippen LogP contribution in [0.5, 0.6) is 0 Å². The first kappa shape index (κ1) is 28.2. The summed E-state index contributed by atoms with van der Waals surface area (Å²) in [6.07, 6.45) is 0. The highest BCUT2D eigenvalue weighted by molar-refractivity contribution is 6.15. The van der Waals surface area contributed by atoms with Gasteiger partial charge in [0.15, 0.2) is 17.5 Å². The van der Waals surface area contributed by atoms with Gasteiger partial charge in [-0.05, 0) is 52.6 Å². The van der Waals surface area contributed by atoms with Crippen molar-refractivity contribution in [1.29, 1.82) is 0 Å². The topological polar surface area (TPSA) is 65.0 Å². The van der Waals surface area contributed by atoms with Crippen molar-refractivity contribution in [2.24, 2.45) is 0 Å². The van der Waals surface area contributed by atoms with Gasteiger partial charge in [-0.2, -0.15) is 0 Å². The molecule has 10 rings (SSSR count). The standard InChI is InChI=1S/C45H27N3O2/c1-3-11-28(12-4-1)29-19-21-31(22-20-29)43-46-44(48-45(47-43)36-17-8-7-15-33(36)30-13-5-2-6-14-30)32-23-24-35-38-27-41-37(26-42(38)50-40(35)25-32)34-16-9-10-18-39(34)49-41/h1-27H. The number of fused-ring (bicyclic) bond motifs is 6. The maximum atomic E-state index is 6.49. The molecule has 0 spiro atoms. The maximum absolute atomic E-state index is 6.49. The zero-order valence-electron chi connectivity index (χ0n) is 26.7. The minimum Gasteiger partial charge on any atom is -0.456 e. The van der Waals surface area contributed by atoms with Gasteiger partial charge in [-0.15, -0.1) is 0 Å². The Balaban J connectivity index is 1.13. The summed E-state index contributed by atoms with van der Waals surface area (Å²) in [6.45, 7) is 0. The highest BCUT2D eigenvalue weighted by Crippen LogP contribution is 2.38. The summed E-state index contributed by atoms with van der Waals surface area (Å²) in [6, 6.07) is 55.8. The minimum atomic E-state index is 0.571. The van der Waals surface area contributed by atoms with Crippen molar-refractivity contribution < 1.29 is 8.83 Å². The van der Waals surface area contributed by atoms with Gasteiger partial charge in [0.2, 0.25) is 0 Å². The third-order valence-corrected chi connectivity index (χ3v) is 9.37. The lowest BCUT2D eigenvalue weighted by atomic mass is 9.99. The fraction of sp³-hybridized carbons (Fsp3) is 0. The lowest BCUT2D eigenvalue weighted by Crippen LogP contribution is -2.01. The third-order valence-electron chi connectivity index (χ3n) is 9.37. The number of nitrogens with zero attached hydrogens (tertiary/aromatic N) is 3. The van der Waals surface area contributed by atoms with Crippen LogP contribution in [0.25, 0.3) is 100 Å². The lowest BCUT2D eigenvalue weighted by molar-refractivity contribution is 0.664. The zero-order valence-corrected chi connectivity index (χ0v) is 26.7. The number of hydrogen-bond donors (Lipinski definition) is 0. The van der Waals surface area contributed by atoms with Crippen molar-refractivity contribution in [2.75, 3.05) is 0 Å². The highest BCUT2D eigenvalue weighted by Gasteiger charge is 2.18. The summed E-state index contributed by atoms with van der Waals surface area (Å²) in [5.74, 6) is 1.78. The van der Waals surface area contributed by atoms with Crippen molar-refractivity contribution in [3.05, 3.63) is 164 Å². The van der Waals surface area contributed by atoms with E-state index in [9.17, 15) is 0 Å². The fourth-order valence-corrected chi connectivity index (χ4v) is 6.88. The molecule has 5 nitrogen and oxygen atoms in total. The second-order valence-electron chi connectivity index (χ2n) is 12.4. The average Bonchev–Trinajstić information content (AvgIpc) is 3.74. The van der Waals surface area contributed by atoms with Gasteiger partial charge in [0.25, 0.3) is 0 Å². The summed E-state index contributed by atoms with van der Waals surface area (Å²) in [4.78, 5) is 15.2. The van der Waals surface area contributed by atoms with Gasteiger partial charge < -0.3 is 8.83 Å². The second kappa shape index (κ2) is 11.4. The Kier molecular flexibility index (Phi) is 6.42. The molecule has 0 saturated heterocycles. The van der Waals surface area contributed by atoms with Crippen molar-refractivity contribution in [1.82, 2.24) is 15.0 Å². The Morgan fingerprint density at radius 2 is 0.760 bits per heavy atom. The maximum Gasteiger partial charge on any atom is 0.164 e. The van der Waals surface area contributed by atoms with E-state index in [0.29, 0.717) is 17.5 Å². The largest absolute Gasteiger partial charge is 0.456 e. The summed E-state index contributed by atoms with van der Waals surface area (Å²) in [5.41, 5.74) is 10.4. The quantitative estimate of drug-likeness (QED) is 0.187. The monoisotopic (exact) mass is 641 g/mol. The SMILES string of the molecule is c1ccc(-c2ccc(-c3nc(-c4ccc5c(c4)oc4cc6c(cc45)oc4ccccc46)nc(-c4ccccc4-c4ccccc4)n3)cc2)cc1. The molecule has 3 heterocycles. The Morgan fingerprint density at radius 3 is 1.50 bits per heavy atom. The van der Waals surface area contributed by atoms with E-state index in [2.05, 4.69) is 103 Å². The predicted molar refractivity (Wildman–Crippen MR) is 202 cm³/mol. The van der Waals surface area contributed by atoms with E-state index in [-0.39, 0.29) is 0 Å². The van der Waals surface area contributed by atoms with E-state index in [1.807, 2.05) is 60.7 Å². The van der Waals surface area contributed by atoms with Crippen LogP contribution < -0.4 is 0 Å². The van der Waals surface area contributed by atoms with Crippen LogP contribution in [-0.2, 0) is 0 Å². The molecular formula is C45H27N3O2. The van der Waals surface area contributed by atoms with E-state index in [0.717, 1.165) is 82.8 Å². The van der Waals surface area contributed by atoms with Crippen LogP contribution in [0.15, 0.2) is 173 Å². The molecular weight excluding hydrogens is 615 g/mol. The molecule has 0 fully saturated rings. The van der Waals surface area contributed by atoms with Crippen LogP contribution in [0, 0.1) is 0 Å². The lowest BCUT2D eigenvalue weighted by Gasteiger charge is -2.12. The molecule has 0 radical (unpaired) electrons. The molecule has 234 valence electrons. The van der Waals surface area contributed by atoms with Gasteiger partial charge in [-0.3, -0.25) is 0 Å². The van der Waals surface area contributed by atoms with Crippen molar-refractivity contribution in [3.63, 3.8) is 0 Å². The molecule has 5 heteroatoms. The zero-order chi connectivity index (χ0) is 33.0. The molecule has 7 aromatic carbocycles. The van der Waals surface area contributed by atoms with E-state index >= 15 is 0 Å². The summed E-state index contributed by atoms with van der Waals surface area (Å²) < 4.78 is 12.7. The first-order chi connectivity index (χ1) is 24.7. The fourth-order valence-electron chi connectivity index (χ4n) is 6.88. The van der Waals surface area contributed by atoms with Gasteiger partial charge in [-0.25, -0.2) is 15.0 Å². The molecule has 0 N–H and O–H groups in total. The first-order valence-electron chi connectivity index (χ1n) is 16.6. The van der Waals surface area contributed by atoms with Crippen LogP contribution in [-0.4, -0.2) is 15.0 Å². The van der Waals surface area contributed by atoms with Crippen molar-refractivity contribution >= 4 is 43.9 Å². The summed E-state index contributed by atoms with van der Waals surface area (Å²) >= 11 is 0.